The maximum atomic E-state index is 12.9. The van der Waals surface area contributed by atoms with E-state index >= 15 is 0 Å². The van der Waals surface area contributed by atoms with Crippen LogP contribution >= 0.6 is 0 Å². The van der Waals surface area contributed by atoms with Crippen molar-refractivity contribution in [2.75, 3.05) is 0 Å². The molecule has 2 heterocycles. The standard InChI is InChI=1S/C17H21N5O/c1-9-8-12(11(3)18)14-13(10(9)2)17(23)22(5)16(20-14)15-19-6-7-21(15)4/h6-8,11H,18H2,1-5H3/t11-/m1/s1. The average molecular weight is 311 g/mol. The zero-order chi connectivity index (χ0) is 16.9. The van der Waals surface area contributed by atoms with Crippen LogP contribution in [0.3, 0.4) is 0 Å². The van der Waals surface area contributed by atoms with E-state index in [9.17, 15) is 4.79 Å². The number of aryl methyl sites for hydroxylation is 3. The van der Waals surface area contributed by atoms with Gasteiger partial charge in [-0.1, -0.05) is 6.07 Å². The van der Waals surface area contributed by atoms with E-state index in [4.69, 9.17) is 10.7 Å². The quantitative estimate of drug-likeness (QED) is 0.785. The van der Waals surface area contributed by atoms with Gasteiger partial charge in [0.25, 0.3) is 5.56 Å². The van der Waals surface area contributed by atoms with Gasteiger partial charge in [-0.15, -0.1) is 0 Å². The highest BCUT2D eigenvalue weighted by Gasteiger charge is 2.19. The van der Waals surface area contributed by atoms with E-state index in [0.717, 1.165) is 16.7 Å². The highest BCUT2D eigenvalue weighted by Crippen LogP contribution is 2.27. The van der Waals surface area contributed by atoms with Gasteiger partial charge in [0.1, 0.15) is 0 Å². The van der Waals surface area contributed by atoms with Gasteiger partial charge in [0.15, 0.2) is 11.6 Å². The summed E-state index contributed by atoms with van der Waals surface area (Å²) in [4.78, 5) is 22.0. The average Bonchev–Trinajstić information content (AvgIpc) is 2.91. The Morgan fingerprint density at radius 3 is 2.48 bits per heavy atom. The lowest BCUT2D eigenvalue weighted by Gasteiger charge is -2.16. The maximum absolute atomic E-state index is 12.9. The van der Waals surface area contributed by atoms with Crippen molar-refractivity contribution in [1.82, 2.24) is 19.1 Å². The van der Waals surface area contributed by atoms with Crippen LogP contribution in [0.15, 0.2) is 23.3 Å². The molecule has 6 nitrogen and oxygen atoms in total. The van der Waals surface area contributed by atoms with Gasteiger partial charge in [0.2, 0.25) is 0 Å². The fraction of sp³-hybridized carbons (Fsp3) is 0.353. The van der Waals surface area contributed by atoms with Gasteiger partial charge in [-0.3, -0.25) is 9.36 Å². The van der Waals surface area contributed by atoms with Gasteiger partial charge in [0, 0.05) is 32.5 Å². The normalized spacial score (nSPS) is 12.8. The Morgan fingerprint density at radius 2 is 1.91 bits per heavy atom. The summed E-state index contributed by atoms with van der Waals surface area (Å²) in [6, 6.07) is 1.82. The van der Waals surface area contributed by atoms with Gasteiger partial charge >= 0.3 is 0 Å². The van der Waals surface area contributed by atoms with Gasteiger partial charge < -0.3 is 10.3 Å². The van der Waals surface area contributed by atoms with Gasteiger partial charge in [-0.25, -0.2) is 9.97 Å². The highest BCUT2D eigenvalue weighted by molar-refractivity contribution is 5.87. The molecule has 1 aromatic carbocycles. The van der Waals surface area contributed by atoms with Crippen LogP contribution in [0, 0.1) is 13.8 Å². The lowest BCUT2D eigenvalue weighted by Crippen LogP contribution is -2.23. The minimum Gasteiger partial charge on any atom is -0.331 e. The van der Waals surface area contributed by atoms with Crippen molar-refractivity contribution in [2.45, 2.75) is 26.8 Å². The van der Waals surface area contributed by atoms with E-state index in [0.29, 0.717) is 22.6 Å². The van der Waals surface area contributed by atoms with E-state index in [1.807, 2.05) is 44.6 Å². The number of nitrogens with two attached hydrogens (primary N) is 1. The zero-order valence-corrected chi connectivity index (χ0v) is 14.1. The van der Waals surface area contributed by atoms with Crippen LogP contribution < -0.4 is 11.3 Å². The predicted molar refractivity (Wildman–Crippen MR) is 91.3 cm³/mol. The molecule has 6 heteroatoms. The molecule has 0 aliphatic heterocycles. The third-order valence-corrected chi connectivity index (χ3v) is 4.41. The van der Waals surface area contributed by atoms with Crippen LogP contribution in [0.4, 0.5) is 0 Å². The number of rotatable bonds is 2. The number of hydrogen-bond acceptors (Lipinski definition) is 4. The number of aromatic nitrogens is 4. The summed E-state index contributed by atoms with van der Waals surface area (Å²) in [7, 11) is 3.61. The third kappa shape index (κ3) is 2.26. The number of fused-ring (bicyclic) bond motifs is 1. The summed E-state index contributed by atoms with van der Waals surface area (Å²) in [6.07, 6.45) is 3.52. The molecule has 0 fully saturated rings. The first kappa shape index (κ1) is 15.4. The second-order valence-corrected chi connectivity index (χ2v) is 6.08. The Balaban J connectivity index is 2.51. The molecule has 0 spiro atoms. The molecule has 0 radical (unpaired) electrons. The molecule has 120 valence electrons. The summed E-state index contributed by atoms with van der Waals surface area (Å²) in [6.45, 7) is 5.85. The summed E-state index contributed by atoms with van der Waals surface area (Å²) in [5.74, 6) is 1.19. The molecule has 0 saturated heterocycles. The first-order valence-electron chi connectivity index (χ1n) is 7.57. The van der Waals surface area contributed by atoms with Crippen molar-refractivity contribution in [2.24, 2.45) is 19.8 Å². The Labute approximate surface area is 134 Å². The SMILES string of the molecule is Cc1cc([C@@H](C)N)c2nc(-c3nccn3C)n(C)c(=O)c2c1C. The number of imidazole rings is 1. The molecule has 0 aliphatic carbocycles. The highest BCUT2D eigenvalue weighted by atomic mass is 16.1. The number of benzene rings is 1. The molecular formula is C17H21N5O. The van der Waals surface area contributed by atoms with E-state index in [1.54, 1.807) is 17.8 Å². The van der Waals surface area contributed by atoms with Crippen molar-refractivity contribution in [3.05, 3.63) is 45.5 Å². The van der Waals surface area contributed by atoms with Crippen molar-refractivity contribution in [3.8, 4) is 11.6 Å². The molecule has 2 aromatic heterocycles. The molecule has 0 aliphatic rings. The Bertz CT molecular complexity index is 965. The topological polar surface area (TPSA) is 78.7 Å². The molecule has 1 atom stereocenters. The van der Waals surface area contributed by atoms with Crippen molar-refractivity contribution in [3.63, 3.8) is 0 Å². The van der Waals surface area contributed by atoms with Gasteiger partial charge in [-0.2, -0.15) is 0 Å². The second kappa shape index (κ2) is 5.31. The first-order chi connectivity index (χ1) is 10.8. The lowest BCUT2D eigenvalue weighted by atomic mass is 9.97. The van der Waals surface area contributed by atoms with Crippen molar-refractivity contribution < 1.29 is 0 Å². The second-order valence-electron chi connectivity index (χ2n) is 6.08. The Hall–Kier alpha value is -2.47. The van der Waals surface area contributed by atoms with E-state index in [-0.39, 0.29) is 11.6 Å². The maximum Gasteiger partial charge on any atom is 0.261 e. The number of nitrogens with zero attached hydrogens (tertiary/aromatic N) is 4. The lowest BCUT2D eigenvalue weighted by molar-refractivity contribution is 0.801. The van der Waals surface area contributed by atoms with E-state index < -0.39 is 0 Å². The summed E-state index contributed by atoms with van der Waals surface area (Å²) >= 11 is 0. The zero-order valence-electron chi connectivity index (χ0n) is 14.1. The monoisotopic (exact) mass is 311 g/mol. The van der Waals surface area contributed by atoms with E-state index in [2.05, 4.69) is 4.98 Å². The van der Waals surface area contributed by atoms with Crippen LogP contribution in [-0.4, -0.2) is 19.1 Å². The van der Waals surface area contributed by atoms with E-state index in [1.165, 1.54) is 0 Å². The number of hydrogen-bond donors (Lipinski definition) is 1. The first-order valence-corrected chi connectivity index (χ1v) is 7.57. The molecular weight excluding hydrogens is 290 g/mol. The molecule has 0 amide bonds. The molecule has 2 N–H and O–H groups in total. The summed E-state index contributed by atoms with van der Waals surface area (Å²) in [5.41, 5.74) is 9.60. The van der Waals surface area contributed by atoms with Crippen LogP contribution in [-0.2, 0) is 14.1 Å². The third-order valence-electron chi connectivity index (χ3n) is 4.41. The fourth-order valence-electron chi connectivity index (χ4n) is 2.88. The molecule has 0 unspecified atom stereocenters. The Morgan fingerprint density at radius 1 is 1.22 bits per heavy atom. The van der Waals surface area contributed by atoms with Gasteiger partial charge in [-0.05, 0) is 37.5 Å². The molecule has 0 saturated carbocycles. The molecule has 0 bridgehead atoms. The molecule has 3 rings (SSSR count). The molecule has 23 heavy (non-hydrogen) atoms. The summed E-state index contributed by atoms with van der Waals surface area (Å²) < 4.78 is 3.41. The van der Waals surface area contributed by atoms with Gasteiger partial charge in [0.05, 0.1) is 10.9 Å². The van der Waals surface area contributed by atoms with Crippen LogP contribution in [0.2, 0.25) is 0 Å². The largest absolute Gasteiger partial charge is 0.331 e. The van der Waals surface area contributed by atoms with Crippen LogP contribution in [0.5, 0.6) is 0 Å². The Kier molecular flexibility index (Phi) is 3.56. The smallest absolute Gasteiger partial charge is 0.261 e. The predicted octanol–water partition coefficient (Wildman–Crippen LogP) is 1.97. The summed E-state index contributed by atoms with van der Waals surface area (Å²) in [5, 5.41) is 0.637. The fourth-order valence-corrected chi connectivity index (χ4v) is 2.88. The minimum atomic E-state index is -0.203. The minimum absolute atomic E-state index is 0.0731. The molecule has 3 aromatic rings. The van der Waals surface area contributed by atoms with Crippen molar-refractivity contribution >= 4 is 10.9 Å². The van der Waals surface area contributed by atoms with Crippen LogP contribution in [0.1, 0.15) is 29.7 Å². The van der Waals surface area contributed by atoms with Crippen LogP contribution in [0.25, 0.3) is 22.6 Å². The van der Waals surface area contributed by atoms with Crippen molar-refractivity contribution in [1.29, 1.82) is 0 Å².